The number of esters is 3. The quantitative estimate of drug-likeness (QED) is 0.0240. The number of nitriles is 2. The number of rotatable bonds is 25. The van der Waals surface area contributed by atoms with Crippen molar-refractivity contribution in [3.05, 3.63) is 241 Å². The Morgan fingerprint density at radius 2 is 0.741 bits per heavy atom. The number of carboxylic acid groups (broad SMARTS) is 1. The Bertz CT molecular complexity index is 3570. The summed E-state index contributed by atoms with van der Waals surface area (Å²) in [6.07, 6.45) is 11.9. The lowest BCUT2D eigenvalue weighted by atomic mass is 10.0. The molecule has 0 aliphatic heterocycles. The van der Waals surface area contributed by atoms with Crippen LogP contribution in [0, 0.1) is 34.3 Å². The molecular formula is C72H66F2N2O9. The van der Waals surface area contributed by atoms with E-state index in [-0.39, 0.29) is 43.2 Å². The van der Waals surface area contributed by atoms with Gasteiger partial charge in [-0.05, 0) is 169 Å². The topological polar surface area (TPSA) is 184 Å². The fraction of sp³-hybridized carbons (Fsp3) is 0.194. The number of halogens is 2. The number of benzene rings is 8. The number of aromatic hydroxyl groups is 1. The van der Waals surface area contributed by atoms with Crippen LogP contribution in [0.2, 0.25) is 0 Å². The summed E-state index contributed by atoms with van der Waals surface area (Å²) >= 11 is 0. The Balaban J connectivity index is 0.000000227. The molecule has 0 saturated heterocycles. The second-order valence-corrected chi connectivity index (χ2v) is 19.7. The number of carbonyl (C=O) groups is 4. The van der Waals surface area contributed by atoms with Crippen LogP contribution in [0.5, 0.6) is 23.0 Å². The fourth-order valence-electron chi connectivity index (χ4n) is 8.66. The summed E-state index contributed by atoms with van der Waals surface area (Å²) in [5.41, 5.74) is 9.96. The summed E-state index contributed by atoms with van der Waals surface area (Å²) in [6, 6.07) is 57.2. The molecule has 0 aliphatic carbocycles. The molecule has 0 atom stereocenters. The van der Waals surface area contributed by atoms with Crippen LogP contribution in [0.3, 0.4) is 0 Å². The van der Waals surface area contributed by atoms with E-state index in [2.05, 4.69) is 61.7 Å². The molecule has 0 radical (unpaired) electrons. The SMILES string of the molecule is C=CCCc1ccc(-c2ccc(O)cc2)cc1.C=CCCc1ccc(-c2ccc(OC(=O)CCCCCC(=O)Oc3ccc(-c4ccc(C#N)cc4)c(F)c3)cc2)cc1.N#Cc1ccc(-c2ccc(OC(=O)CCCCCC(=O)O)cc2F)cc1. The van der Waals surface area contributed by atoms with Crippen LogP contribution in [0.15, 0.2) is 207 Å². The molecule has 85 heavy (non-hydrogen) atoms. The predicted molar refractivity (Wildman–Crippen MR) is 326 cm³/mol. The molecule has 0 fully saturated rings. The van der Waals surface area contributed by atoms with Gasteiger partial charge in [-0.2, -0.15) is 10.5 Å². The van der Waals surface area contributed by atoms with Gasteiger partial charge in [-0.3, -0.25) is 19.2 Å². The first-order valence-electron chi connectivity index (χ1n) is 28.0. The van der Waals surface area contributed by atoms with Crippen LogP contribution in [-0.4, -0.2) is 34.1 Å². The van der Waals surface area contributed by atoms with Crippen molar-refractivity contribution in [2.24, 2.45) is 0 Å². The van der Waals surface area contributed by atoms with Crippen LogP contribution in [0.4, 0.5) is 8.78 Å². The highest BCUT2D eigenvalue weighted by molar-refractivity contribution is 5.75. The third-order valence-corrected chi connectivity index (χ3v) is 13.3. The van der Waals surface area contributed by atoms with Gasteiger partial charge in [0, 0.05) is 48.9 Å². The summed E-state index contributed by atoms with van der Waals surface area (Å²) in [7, 11) is 0. The predicted octanol–water partition coefficient (Wildman–Crippen LogP) is 17.1. The Kier molecular flexibility index (Phi) is 25.8. The number of phenols is 1. The number of aliphatic carboxylic acids is 1. The van der Waals surface area contributed by atoms with Crippen LogP contribution in [-0.2, 0) is 32.0 Å². The molecule has 0 saturated carbocycles. The molecule has 0 spiro atoms. The van der Waals surface area contributed by atoms with Gasteiger partial charge in [-0.15, -0.1) is 13.2 Å². The zero-order chi connectivity index (χ0) is 60.8. The van der Waals surface area contributed by atoms with E-state index in [4.69, 9.17) is 29.8 Å². The summed E-state index contributed by atoms with van der Waals surface area (Å²) in [4.78, 5) is 46.6. The zero-order valence-electron chi connectivity index (χ0n) is 47.2. The molecular weight excluding hydrogens is 1070 g/mol. The number of ether oxygens (including phenoxy) is 3. The second kappa shape index (κ2) is 34.3. The van der Waals surface area contributed by atoms with Crippen LogP contribution in [0.25, 0.3) is 44.5 Å². The first kappa shape index (κ1) is 63.9. The average molecular weight is 1140 g/mol. The maximum Gasteiger partial charge on any atom is 0.311 e. The van der Waals surface area contributed by atoms with Gasteiger partial charge in [-0.1, -0.05) is 122 Å². The van der Waals surface area contributed by atoms with E-state index in [1.165, 1.54) is 34.9 Å². The summed E-state index contributed by atoms with van der Waals surface area (Å²) in [5, 5.41) is 35.5. The van der Waals surface area contributed by atoms with Gasteiger partial charge in [0.2, 0.25) is 0 Å². The molecule has 8 rings (SSSR count). The largest absolute Gasteiger partial charge is 0.508 e. The minimum Gasteiger partial charge on any atom is -0.508 e. The van der Waals surface area contributed by atoms with Crippen molar-refractivity contribution in [1.82, 2.24) is 0 Å². The summed E-state index contributed by atoms with van der Waals surface area (Å²) in [5.74, 6) is -2.13. The number of phenolic OH excluding ortho intramolecular Hbond substituents is 1. The summed E-state index contributed by atoms with van der Waals surface area (Å²) in [6.45, 7) is 7.49. The third kappa shape index (κ3) is 21.9. The van der Waals surface area contributed by atoms with Gasteiger partial charge in [0.1, 0.15) is 34.6 Å². The monoisotopic (exact) mass is 1140 g/mol. The van der Waals surface area contributed by atoms with Crippen molar-refractivity contribution in [2.45, 2.75) is 89.9 Å². The van der Waals surface area contributed by atoms with E-state index in [1.54, 1.807) is 84.9 Å². The molecule has 0 unspecified atom stereocenters. The lowest BCUT2D eigenvalue weighted by Crippen LogP contribution is -2.09. The highest BCUT2D eigenvalue weighted by Crippen LogP contribution is 2.30. The molecule has 8 aromatic carbocycles. The molecule has 0 aliphatic rings. The summed E-state index contributed by atoms with van der Waals surface area (Å²) < 4.78 is 44.7. The van der Waals surface area contributed by atoms with E-state index < -0.39 is 29.5 Å². The molecule has 11 nitrogen and oxygen atoms in total. The number of aryl methyl sites for hydroxylation is 2. The molecule has 0 bridgehead atoms. The Hall–Kier alpha value is -10.2. The van der Waals surface area contributed by atoms with Crippen molar-refractivity contribution >= 4 is 23.9 Å². The molecule has 13 heteroatoms. The average Bonchev–Trinajstić information content (AvgIpc) is 3.69. The standard InChI is InChI=1S/C36H32FNO4.C20H18FNO4.C16H16O/c1-2-3-7-26-10-14-28(15-11-26)29-18-20-31(21-19-29)41-35(39)8-5-4-6-9-36(40)42-32-22-23-33(34(37)24-32)30-16-12-27(25-38)13-17-30;21-18-12-16(26-20(25)5-3-1-2-4-19(23)24)10-11-17(18)15-8-6-14(13-22)7-9-15;1-2-3-4-13-5-7-14(8-6-13)15-9-11-16(17)12-10-15/h2,10-24H,1,3-9H2;6-12H,1-5H2,(H,23,24);2,5-12,17H,1,3-4H2. The van der Waals surface area contributed by atoms with Crippen LogP contribution >= 0.6 is 0 Å². The van der Waals surface area contributed by atoms with Crippen molar-refractivity contribution in [2.75, 3.05) is 0 Å². The van der Waals surface area contributed by atoms with Gasteiger partial charge in [0.15, 0.2) is 0 Å². The van der Waals surface area contributed by atoms with E-state index in [1.807, 2.05) is 48.6 Å². The van der Waals surface area contributed by atoms with E-state index in [0.717, 1.165) is 48.4 Å². The van der Waals surface area contributed by atoms with Crippen molar-refractivity contribution in [3.63, 3.8) is 0 Å². The number of unbranched alkanes of at least 4 members (excludes halogenated alkanes) is 4. The van der Waals surface area contributed by atoms with E-state index >= 15 is 0 Å². The number of hydrogen-bond acceptors (Lipinski definition) is 10. The van der Waals surface area contributed by atoms with Gasteiger partial charge in [-0.25, -0.2) is 8.78 Å². The minimum absolute atomic E-state index is 0.0804. The normalized spacial score (nSPS) is 10.3. The van der Waals surface area contributed by atoms with Gasteiger partial charge in [0.25, 0.3) is 0 Å². The molecule has 0 aromatic heterocycles. The number of nitrogens with zero attached hydrogens (tertiary/aromatic N) is 2. The number of carbonyl (C=O) groups excluding carboxylic acids is 3. The molecule has 0 amide bonds. The number of hydrogen-bond donors (Lipinski definition) is 2. The Morgan fingerprint density at radius 3 is 1.08 bits per heavy atom. The fourth-order valence-corrected chi connectivity index (χ4v) is 8.66. The van der Waals surface area contributed by atoms with Gasteiger partial charge >= 0.3 is 23.9 Å². The maximum atomic E-state index is 14.6. The van der Waals surface area contributed by atoms with Gasteiger partial charge in [0.05, 0.1) is 23.3 Å². The molecule has 0 heterocycles. The van der Waals surface area contributed by atoms with Crippen molar-refractivity contribution in [3.8, 4) is 79.6 Å². The van der Waals surface area contributed by atoms with Crippen molar-refractivity contribution < 1.29 is 52.4 Å². The number of allylic oxidation sites excluding steroid dienone is 2. The zero-order valence-corrected chi connectivity index (χ0v) is 47.2. The molecule has 8 aromatic rings. The first-order chi connectivity index (χ1) is 41.2. The minimum atomic E-state index is -0.856. The highest BCUT2D eigenvalue weighted by atomic mass is 19.1. The van der Waals surface area contributed by atoms with E-state index in [9.17, 15) is 33.1 Å². The lowest BCUT2D eigenvalue weighted by molar-refractivity contribution is -0.137. The van der Waals surface area contributed by atoms with Crippen LogP contribution < -0.4 is 14.2 Å². The maximum absolute atomic E-state index is 14.6. The third-order valence-electron chi connectivity index (χ3n) is 13.3. The van der Waals surface area contributed by atoms with Crippen molar-refractivity contribution in [1.29, 1.82) is 10.5 Å². The first-order valence-corrected chi connectivity index (χ1v) is 28.0. The van der Waals surface area contributed by atoms with Gasteiger partial charge < -0.3 is 24.4 Å². The highest BCUT2D eigenvalue weighted by Gasteiger charge is 2.14. The Morgan fingerprint density at radius 1 is 0.424 bits per heavy atom. The second-order valence-electron chi connectivity index (χ2n) is 19.7. The molecule has 2 N–H and O–H groups in total. The lowest BCUT2D eigenvalue weighted by Gasteiger charge is -2.08. The molecule has 432 valence electrons. The smallest absolute Gasteiger partial charge is 0.311 e. The Labute approximate surface area is 495 Å². The van der Waals surface area contributed by atoms with Crippen LogP contribution in [0.1, 0.15) is 99.3 Å². The van der Waals surface area contributed by atoms with E-state index in [0.29, 0.717) is 83.4 Å². The number of carboxylic acids is 1.